The Morgan fingerprint density at radius 1 is 1.29 bits per heavy atom. The Morgan fingerprint density at radius 2 is 1.96 bits per heavy atom. The Labute approximate surface area is 145 Å². The van der Waals surface area contributed by atoms with Crippen molar-refractivity contribution in [3.8, 4) is 0 Å². The predicted octanol–water partition coefficient (Wildman–Crippen LogP) is 3.15. The number of benzene rings is 1. The molecule has 1 aromatic carbocycles. The Hall–Kier alpha value is -1.75. The van der Waals surface area contributed by atoms with Crippen molar-refractivity contribution in [1.29, 1.82) is 0 Å². The highest BCUT2D eigenvalue weighted by Crippen LogP contribution is 2.28. The molecule has 1 heterocycles. The van der Waals surface area contributed by atoms with Gasteiger partial charge < -0.3 is 9.64 Å². The second-order valence-electron chi connectivity index (χ2n) is 6.86. The number of ether oxygens (including phenoxy) is 1. The van der Waals surface area contributed by atoms with Gasteiger partial charge >= 0.3 is 6.09 Å². The zero-order valence-electron chi connectivity index (χ0n) is 14.7. The molecule has 0 saturated carbocycles. The van der Waals surface area contributed by atoms with E-state index in [9.17, 15) is 9.59 Å². The molecular formula is C19H27NO3S. The normalized spacial score (nSPS) is 20.7. The first-order chi connectivity index (χ1) is 11.3. The second-order valence-corrected chi connectivity index (χ2v) is 10.3. The van der Waals surface area contributed by atoms with E-state index in [1.165, 1.54) is 0 Å². The topological polar surface area (TPSA) is 46.6 Å². The van der Waals surface area contributed by atoms with Crippen LogP contribution in [0.2, 0.25) is 0 Å². The lowest BCUT2D eigenvalue weighted by atomic mass is 9.91. The minimum Gasteiger partial charge on any atom is -0.445 e. The smallest absolute Gasteiger partial charge is 0.410 e. The zero-order valence-corrected chi connectivity index (χ0v) is 15.6. The SMILES string of the molecule is C=S(C)(C)=CC(=O)C1CN(C(=O)OCc2ccccc2)C[C@H]1CC. The van der Waals surface area contributed by atoms with Gasteiger partial charge in [-0.05, 0) is 29.4 Å². The quantitative estimate of drug-likeness (QED) is 0.767. The first-order valence-electron chi connectivity index (χ1n) is 8.20. The largest absolute Gasteiger partial charge is 0.445 e. The van der Waals surface area contributed by atoms with Crippen LogP contribution in [-0.2, 0) is 16.1 Å². The average molecular weight is 349 g/mol. The van der Waals surface area contributed by atoms with Gasteiger partial charge in [-0.15, -0.1) is 0 Å². The van der Waals surface area contributed by atoms with Gasteiger partial charge in [-0.2, -0.15) is 0 Å². The molecule has 1 fully saturated rings. The number of rotatable bonds is 5. The van der Waals surface area contributed by atoms with Crippen LogP contribution in [0.1, 0.15) is 18.9 Å². The predicted molar refractivity (Wildman–Crippen MR) is 103 cm³/mol. The number of Topliss-reactive ketones (excluding diaryl/α,β-unsaturated/α-hetero) is 1. The van der Waals surface area contributed by atoms with Crippen molar-refractivity contribution in [1.82, 2.24) is 4.90 Å². The molecule has 0 aliphatic carbocycles. The molecule has 1 saturated heterocycles. The fraction of sp³-hybridized carbons (Fsp3) is 0.474. The van der Waals surface area contributed by atoms with E-state index in [0.29, 0.717) is 13.1 Å². The summed E-state index contributed by atoms with van der Waals surface area (Å²) in [4.78, 5) is 26.5. The fourth-order valence-electron chi connectivity index (χ4n) is 2.97. The molecule has 4 nitrogen and oxygen atoms in total. The fourth-order valence-corrected chi connectivity index (χ4v) is 3.77. The molecule has 1 unspecified atom stereocenters. The van der Waals surface area contributed by atoms with E-state index in [0.717, 1.165) is 12.0 Å². The van der Waals surface area contributed by atoms with Crippen LogP contribution >= 0.6 is 9.21 Å². The van der Waals surface area contributed by atoms with Crippen molar-refractivity contribution in [2.75, 3.05) is 25.6 Å². The second kappa shape index (κ2) is 7.88. The molecule has 1 aliphatic heterocycles. The number of carbonyl (C=O) groups excluding carboxylic acids is 2. The summed E-state index contributed by atoms with van der Waals surface area (Å²) in [7, 11) is -1.24. The molecule has 0 bridgehead atoms. The van der Waals surface area contributed by atoms with Crippen LogP contribution in [0.15, 0.2) is 30.3 Å². The number of hydrogen-bond acceptors (Lipinski definition) is 3. The third kappa shape index (κ3) is 5.13. The van der Waals surface area contributed by atoms with Crippen LogP contribution in [0.4, 0.5) is 4.79 Å². The van der Waals surface area contributed by atoms with Crippen molar-refractivity contribution in [3.63, 3.8) is 0 Å². The molecule has 2 atom stereocenters. The summed E-state index contributed by atoms with van der Waals surface area (Å²) < 4.78 is 5.39. The maximum atomic E-state index is 12.5. The molecule has 1 amide bonds. The molecule has 0 N–H and O–H groups in total. The molecule has 0 spiro atoms. The van der Waals surface area contributed by atoms with E-state index >= 15 is 0 Å². The van der Waals surface area contributed by atoms with E-state index in [2.05, 4.69) is 12.8 Å². The standard InChI is InChI=1S/C19H27NO3S/c1-5-16-11-20(12-17(16)18(21)14-24(2,3)4)19(22)23-13-15-9-7-6-8-10-15/h6-10,14,16-17H,2,5,11-13H2,1,3-4H3/t16-,17?/m1/s1. The molecule has 24 heavy (non-hydrogen) atoms. The van der Waals surface area contributed by atoms with Crippen LogP contribution in [0, 0.1) is 11.8 Å². The van der Waals surface area contributed by atoms with Crippen molar-refractivity contribution in [2.45, 2.75) is 20.0 Å². The monoisotopic (exact) mass is 349 g/mol. The Morgan fingerprint density at radius 3 is 2.54 bits per heavy atom. The van der Waals surface area contributed by atoms with Crippen LogP contribution in [0.25, 0.3) is 0 Å². The highest BCUT2D eigenvalue weighted by atomic mass is 32.2. The number of hydrogen-bond donors (Lipinski definition) is 0. The molecule has 0 radical (unpaired) electrons. The minimum absolute atomic E-state index is 0.121. The van der Waals surface area contributed by atoms with Gasteiger partial charge in [0.05, 0.1) is 0 Å². The van der Waals surface area contributed by atoms with Crippen LogP contribution in [-0.4, -0.2) is 53.6 Å². The lowest BCUT2D eigenvalue weighted by molar-refractivity contribution is -0.116. The highest BCUT2D eigenvalue weighted by molar-refractivity contribution is 8.28. The van der Waals surface area contributed by atoms with Crippen molar-refractivity contribution in [3.05, 3.63) is 35.9 Å². The van der Waals surface area contributed by atoms with E-state index in [-0.39, 0.29) is 30.3 Å². The Kier molecular flexibility index (Phi) is 6.10. The minimum atomic E-state index is -1.24. The zero-order chi connectivity index (χ0) is 17.7. The van der Waals surface area contributed by atoms with E-state index < -0.39 is 9.21 Å². The van der Waals surface area contributed by atoms with Crippen LogP contribution in [0.5, 0.6) is 0 Å². The van der Waals surface area contributed by atoms with Gasteiger partial charge in [0, 0.05) is 19.0 Å². The summed E-state index contributed by atoms with van der Waals surface area (Å²) in [6, 6.07) is 9.61. The molecule has 0 aromatic heterocycles. The average Bonchev–Trinajstić information content (AvgIpc) is 2.96. The summed E-state index contributed by atoms with van der Waals surface area (Å²) in [5, 5.41) is 1.76. The van der Waals surface area contributed by atoms with Gasteiger partial charge in [0.1, 0.15) is 6.61 Å². The molecular weight excluding hydrogens is 322 g/mol. The van der Waals surface area contributed by atoms with E-state index in [4.69, 9.17) is 4.74 Å². The summed E-state index contributed by atoms with van der Waals surface area (Å²) in [5.41, 5.74) is 0.959. The third-order valence-corrected chi connectivity index (χ3v) is 5.10. The maximum Gasteiger partial charge on any atom is 0.410 e. The Balaban J connectivity index is 1.99. The lowest BCUT2D eigenvalue weighted by Crippen LogP contribution is -2.30. The Bertz CT molecular complexity index is 697. The lowest BCUT2D eigenvalue weighted by Gasteiger charge is -2.16. The molecule has 2 rings (SSSR count). The summed E-state index contributed by atoms with van der Waals surface area (Å²) in [6.07, 6.45) is 4.52. The summed E-state index contributed by atoms with van der Waals surface area (Å²) in [6.45, 7) is 3.35. The van der Waals surface area contributed by atoms with Gasteiger partial charge in [-0.3, -0.25) is 4.79 Å². The van der Waals surface area contributed by atoms with Gasteiger partial charge in [0.15, 0.2) is 5.78 Å². The number of amides is 1. The van der Waals surface area contributed by atoms with Gasteiger partial charge in [0.2, 0.25) is 0 Å². The first kappa shape index (κ1) is 18.6. The van der Waals surface area contributed by atoms with Crippen LogP contribution < -0.4 is 0 Å². The van der Waals surface area contributed by atoms with Gasteiger partial charge in [-0.1, -0.05) is 49.5 Å². The summed E-state index contributed by atoms with van der Waals surface area (Å²) in [5.74, 6) is 4.23. The van der Waals surface area contributed by atoms with E-state index in [1.807, 2.05) is 42.8 Å². The molecule has 1 aromatic rings. The molecule has 1 aliphatic rings. The first-order valence-corrected chi connectivity index (χ1v) is 10.9. The number of nitrogens with zero attached hydrogens (tertiary/aromatic N) is 1. The van der Waals surface area contributed by atoms with Crippen LogP contribution in [0.3, 0.4) is 0 Å². The third-order valence-electron chi connectivity index (χ3n) is 4.23. The van der Waals surface area contributed by atoms with Gasteiger partial charge in [0.25, 0.3) is 0 Å². The summed E-state index contributed by atoms with van der Waals surface area (Å²) >= 11 is 0. The highest BCUT2D eigenvalue weighted by Gasteiger charge is 2.38. The van der Waals surface area contributed by atoms with Gasteiger partial charge in [-0.25, -0.2) is 14.0 Å². The molecule has 5 heteroatoms. The maximum absolute atomic E-state index is 12.5. The molecule has 132 valence electrons. The number of carbonyl (C=O) groups is 2. The van der Waals surface area contributed by atoms with Crippen molar-refractivity contribution < 1.29 is 14.3 Å². The number of ketones is 1. The number of likely N-dealkylation sites (tertiary alicyclic amines) is 1. The van der Waals surface area contributed by atoms with Crippen molar-refractivity contribution in [2.24, 2.45) is 11.8 Å². The van der Waals surface area contributed by atoms with E-state index in [1.54, 1.807) is 10.3 Å². The van der Waals surface area contributed by atoms with Crippen molar-refractivity contribution >= 4 is 32.3 Å².